The van der Waals surface area contributed by atoms with Crippen LogP contribution in [0.2, 0.25) is 5.02 Å². The molecule has 0 radical (unpaired) electrons. The number of halogens is 1. The zero-order valence-corrected chi connectivity index (χ0v) is 16.4. The van der Waals surface area contributed by atoms with Gasteiger partial charge in [-0.3, -0.25) is 0 Å². The van der Waals surface area contributed by atoms with E-state index < -0.39 is 5.60 Å². The van der Waals surface area contributed by atoms with Gasteiger partial charge >= 0.3 is 6.09 Å². The van der Waals surface area contributed by atoms with Crippen LogP contribution in [0.3, 0.4) is 0 Å². The molecule has 3 rings (SSSR count). The van der Waals surface area contributed by atoms with Crippen LogP contribution in [0, 0.1) is 0 Å². The number of hydrogen-bond donors (Lipinski definition) is 0. The summed E-state index contributed by atoms with van der Waals surface area (Å²) in [4.78, 5) is 24.8. The Labute approximate surface area is 158 Å². The highest BCUT2D eigenvalue weighted by Gasteiger charge is 2.27. The molecule has 7 nitrogen and oxygen atoms in total. The van der Waals surface area contributed by atoms with Crippen molar-refractivity contribution < 1.29 is 14.3 Å². The van der Waals surface area contributed by atoms with Crippen LogP contribution in [-0.2, 0) is 9.47 Å². The van der Waals surface area contributed by atoms with Crippen molar-refractivity contribution in [3.05, 3.63) is 22.8 Å². The van der Waals surface area contributed by atoms with Crippen molar-refractivity contribution in [1.29, 1.82) is 0 Å². The van der Waals surface area contributed by atoms with Crippen LogP contribution in [-0.4, -0.2) is 66.3 Å². The van der Waals surface area contributed by atoms with Gasteiger partial charge < -0.3 is 19.3 Å². The molecule has 142 valence electrons. The summed E-state index contributed by atoms with van der Waals surface area (Å²) in [6, 6.07) is 1.83. The molecular formula is C18H25ClN4O3. The first-order chi connectivity index (χ1) is 12.2. The molecule has 8 heteroatoms. The van der Waals surface area contributed by atoms with Gasteiger partial charge in [-0.05, 0) is 33.8 Å². The third-order valence-electron chi connectivity index (χ3n) is 4.10. The molecule has 2 aliphatic rings. The van der Waals surface area contributed by atoms with Crippen molar-refractivity contribution in [2.24, 2.45) is 4.99 Å². The Hall–Kier alpha value is -2.02. The molecule has 1 aromatic rings. The Morgan fingerprint density at radius 1 is 1.31 bits per heavy atom. The lowest BCUT2D eigenvalue weighted by Crippen LogP contribution is -2.50. The lowest BCUT2D eigenvalue weighted by Gasteiger charge is -2.36. The lowest BCUT2D eigenvalue weighted by atomic mass is 10.2. The van der Waals surface area contributed by atoms with Gasteiger partial charge in [-0.1, -0.05) is 11.6 Å². The van der Waals surface area contributed by atoms with E-state index in [1.807, 2.05) is 33.8 Å². The number of carbonyl (C=O) groups excluding carboxylic acids is 1. The van der Waals surface area contributed by atoms with Crippen LogP contribution < -0.4 is 4.90 Å². The Morgan fingerprint density at radius 3 is 2.54 bits per heavy atom. The molecule has 0 spiro atoms. The summed E-state index contributed by atoms with van der Waals surface area (Å²) in [5.74, 6) is 1.30. The van der Waals surface area contributed by atoms with Gasteiger partial charge in [-0.25, -0.2) is 14.8 Å². The maximum Gasteiger partial charge on any atom is 0.410 e. The minimum absolute atomic E-state index is 0.0874. The van der Waals surface area contributed by atoms with E-state index in [1.54, 1.807) is 11.1 Å². The van der Waals surface area contributed by atoms with Crippen LogP contribution >= 0.6 is 11.6 Å². The lowest BCUT2D eigenvalue weighted by molar-refractivity contribution is 0.0240. The highest BCUT2D eigenvalue weighted by Crippen LogP contribution is 2.26. The third-order valence-corrected chi connectivity index (χ3v) is 4.38. The summed E-state index contributed by atoms with van der Waals surface area (Å²) in [6.07, 6.45) is 1.54. The van der Waals surface area contributed by atoms with Gasteiger partial charge in [-0.2, -0.15) is 0 Å². The van der Waals surface area contributed by atoms with E-state index in [9.17, 15) is 4.79 Å². The van der Waals surface area contributed by atoms with Gasteiger partial charge in [0.25, 0.3) is 0 Å². The average Bonchev–Trinajstić information content (AvgIpc) is 3.00. The van der Waals surface area contributed by atoms with E-state index in [0.717, 1.165) is 5.56 Å². The normalized spacial score (nSPS) is 20.7. The van der Waals surface area contributed by atoms with Crippen LogP contribution in [0.15, 0.2) is 17.3 Å². The van der Waals surface area contributed by atoms with Crippen LogP contribution in [0.25, 0.3) is 0 Å². The summed E-state index contributed by atoms with van der Waals surface area (Å²) in [5, 5.41) is 0.555. The molecule has 0 N–H and O–H groups in total. The number of hydrogen-bond acceptors (Lipinski definition) is 6. The average molecular weight is 381 g/mol. The molecule has 1 saturated heterocycles. The maximum absolute atomic E-state index is 12.2. The van der Waals surface area contributed by atoms with Crippen LogP contribution in [0.5, 0.6) is 0 Å². The third kappa shape index (κ3) is 4.38. The zero-order valence-electron chi connectivity index (χ0n) is 15.7. The van der Waals surface area contributed by atoms with Gasteiger partial charge in [0, 0.05) is 32.4 Å². The van der Waals surface area contributed by atoms with Gasteiger partial charge in [-0.15, -0.1) is 0 Å². The standard InChI is InChI=1S/C18H25ClN4O3/c1-12-10-21-16(25-12)13-9-14(19)15(20-11-13)22-5-7-23(8-6-22)17(24)26-18(2,3)4/h9,11-12H,5-8,10H2,1-4H3. The van der Waals surface area contributed by atoms with Gasteiger partial charge in [0.15, 0.2) is 0 Å². The van der Waals surface area contributed by atoms with Crippen molar-refractivity contribution in [2.45, 2.75) is 39.4 Å². The fourth-order valence-corrected chi connectivity index (χ4v) is 3.13. The molecule has 2 aliphatic heterocycles. The number of aromatic nitrogens is 1. The van der Waals surface area contributed by atoms with E-state index in [-0.39, 0.29) is 12.2 Å². The quantitative estimate of drug-likeness (QED) is 0.789. The van der Waals surface area contributed by atoms with Crippen LogP contribution in [0.1, 0.15) is 33.3 Å². The smallest absolute Gasteiger partial charge is 0.410 e. The van der Waals surface area contributed by atoms with E-state index in [4.69, 9.17) is 21.1 Å². The number of rotatable bonds is 2. The first-order valence-electron chi connectivity index (χ1n) is 8.83. The van der Waals surface area contributed by atoms with E-state index in [0.29, 0.717) is 49.5 Å². The summed E-state index contributed by atoms with van der Waals surface area (Å²) < 4.78 is 11.1. The van der Waals surface area contributed by atoms with Crippen molar-refractivity contribution in [2.75, 3.05) is 37.6 Å². The van der Waals surface area contributed by atoms with E-state index >= 15 is 0 Å². The Bertz CT molecular complexity index is 709. The molecule has 0 aromatic carbocycles. The molecule has 0 bridgehead atoms. The number of anilines is 1. The number of nitrogens with zero attached hydrogens (tertiary/aromatic N) is 4. The number of aliphatic imine (C=N–C) groups is 1. The molecule has 1 fully saturated rings. The number of ether oxygens (including phenoxy) is 2. The molecule has 1 amide bonds. The van der Waals surface area contributed by atoms with Crippen molar-refractivity contribution in [3.8, 4) is 0 Å². The number of amides is 1. The Kier molecular flexibility index (Phi) is 5.27. The van der Waals surface area contributed by atoms with Crippen molar-refractivity contribution >= 4 is 29.4 Å². The fraction of sp³-hybridized carbons (Fsp3) is 0.611. The van der Waals surface area contributed by atoms with Crippen molar-refractivity contribution in [1.82, 2.24) is 9.88 Å². The molecule has 1 unspecified atom stereocenters. The molecule has 0 aliphatic carbocycles. The highest BCUT2D eigenvalue weighted by molar-refractivity contribution is 6.33. The molecule has 26 heavy (non-hydrogen) atoms. The largest absolute Gasteiger partial charge is 0.472 e. The maximum atomic E-state index is 12.2. The second-order valence-electron chi connectivity index (χ2n) is 7.56. The van der Waals surface area contributed by atoms with Crippen molar-refractivity contribution in [3.63, 3.8) is 0 Å². The number of pyridine rings is 1. The minimum Gasteiger partial charge on any atom is -0.472 e. The SMILES string of the molecule is CC1CN=C(c2cnc(N3CCN(C(=O)OC(C)(C)C)CC3)c(Cl)c2)O1. The highest BCUT2D eigenvalue weighted by atomic mass is 35.5. The van der Waals surface area contributed by atoms with E-state index in [1.165, 1.54) is 0 Å². The Balaban J connectivity index is 1.62. The van der Waals surface area contributed by atoms with Gasteiger partial charge in [0.2, 0.25) is 5.90 Å². The first-order valence-corrected chi connectivity index (χ1v) is 9.20. The summed E-state index contributed by atoms with van der Waals surface area (Å²) in [7, 11) is 0. The van der Waals surface area contributed by atoms with Gasteiger partial charge in [0.05, 0.1) is 17.1 Å². The van der Waals surface area contributed by atoms with Gasteiger partial charge in [0.1, 0.15) is 17.5 Å². The molecule has 0 saturated carbocycles. The topological polar surface area (TPSA) is 67.3 Å². The first kappa shape index (κ1) is 18.8. The predicted octanol–water partition coefficient (Wildman–Crippen LogP) is 2.96. The summed E-state index contributed by atoms with van der Waals surface area (Å²) >= 11 is 6.44. The van der Waals surface area contributed by atoms with Crippen LogP contribution in [0.4, 0.5) is 10.6 Å². The van der Waals surface area contributed by atoms with E-state index in [2.05, 4.69) is 14.9 Å². The predicted molar refractivity (Wildman–Crippen MR) is 101 cm³/mol. The monoisotopic (exact) mass is 380 g/mol. The molecular weight excluding hydrogens is 356 g/mol. The molecule has 3 heterocycles. The second kappa shape index (κ2) is 7.31. The molecule has 1 atom stereocenters. The fourth-order valence-electron chi connectivity index (χ4n) is 2.84. The number of carbonyl (C=O) groups is 1. The number of piperazine rings is 1. The summed E-state index contributed by atoms with van der Waals surface area (Å²) in [6.45, 7) is 10.7. The second-order valence-corrected chi connectivity index (χ2v) is 7.97. The summed E-state index contributed by atoms with van der Waals surface area (Å²) in [5.41, 5.74) is 0.299. The Morgan fingerprint density at radius 2 is 2.00 bits per heavy atom. The zero-order chi connectivity index (χ0) is 18.9. The minimum atomic E-state index is -0.489. The molecule has 1 aromatic heterocycles.